The Kier molecular flexibility index (Phi) is 12.1. The molecule has 1 aromatic heterocycles. The van der Waals surface area contributed by atoms with Crippen LogP contribution in [0.3, 0.4) is 0 Å². The van der Waals surface area contributed by atoms with Crippen molar-refractivity contribution >= 4 is 11.8 Å². The largest absolute Gasteiger partial charge is 0.465 e. The molecule has 1 aliphatic rings. The van der Waals surface area contributed by atoms with Gasteiger partial charge in [0.05, 0.1) is 23.6 Å². The third kappa shape index (κ3) is 8.04. The number of ether oxygens (including phenoxy) is 1. The molecule has 0 spiro atoms. The highest BCUT2D eigenvalue weighted by Gasteiger charge is 2.54. The van der Waals surface area contributed by atoms with Crippen LogP contribution in [0.15, 0.2) is 54.9 Å². The molecular weight excluding hydrogens is 512 g/mol. The highest BCUT2D eigenvalue weighted by atomic mass is 16.7. The van der Waals surface area contributed by atoms with E-state index in [9.17, 15) is 9.59 Å². The molecule has 2 aromatic rings. The number of unbranched alkanes of at least 4 members (excludes halogenated alkanes) is 1. The summed E-state index contributed by atoms with van der Waals surface area (Å²) in [6.07, 6.45) is 9.21. The molecule has 0 saturated carbocycles. The zero-order valence-electron chi connectivity index (χ0n) is 26.4. The molecule has 226 valence electrons. The molecule has 0 N–H and O–H groups in total. The van der Waals surface area contributed by atoms with Crippen LogP contribution in [0, 0.1) is 11.8 Å². The minimum absolute atomic E-state index is 0.122. The molecule has 1 saturated heterocycles. The van der Waals surface area contributed by atoms with E-state index < -0.39 is 11.1 Å². The molecule has 0 radical (unpaired) electrons. The Bertz CT molecular complexity index is 1090. The zero-order chi connectivity index (χ0) is 30.0. The Labute approximate surface area is 248 Å². The van der Waals surface area contributed by atoms with Gasteiger partial charge in [0, 0.05) is 24.7 Å². The summed E-state index contributed by atoms with van der Waals surface area (Å²) in [5.41, 5.74) is 1.40. The van der Waals surface area contributed by atoms with Gasteiger partial charge in [-0.3, -0.25) is 19.4 Å². The van der Waals surface area contributed by atoms with E-state index in [1.807, 2.05) is 37.3 Å². The zero-order valence-corrected chi connectivity index (χ0v) is 26.4. The lowest BCUT2D eigenvalue weighted by atomic mass is 9.70. The van der Waals surface area contributed by atoms with Crippen molar-refractivity contribution in [3.05, 3.63) is 66.0 Å². The van der Waals surface area contributed by atoms with Crippen LogP contribution in [0.2, 0.25) is 0 Å². The first-order valence-electron chi connectivity index (χ1n) is 15.7. The number of rotatable bonds is 15. The lowest BCUT2D eigenvalue weighted by Crippen LogP contribution is -2.66. The molecule has 6 atom stereocenters. The molecule has 0 aliphatic carbocycles. The van der Waals surface area contributed by atoms with Crippen molar-refractivity contribution in [2.45, 2.75) is 123 Å². The van der Waals surface area contributed by atoms with Gasteiger partial charge in [0.15, 0.2) is 0 Å². The van der Waals surface area contributed by atoms with Crippen molar-refractivity contribution < 1.29 is 19.2 Å². The Hall–Kier alpha value is -2.57. The quantitative estimate of drug-likeness (QED) is 0.160. The standard InChI is InChI=1S/C35H52N2O4/c1-8-11-23-40-33(39)30(24-26(4)28-15-13-12-14-16-28)17-18-32(29-19-21-36-22-20-29)41-37-34(6,9-2)25-31(38)27(5)35(37,7)10-3/h12-16,19-22,26-27,30,32H,8-11,17-18,23-25H2,1-7H3. The first-order chi connectivity index (χ1) is 19.6. The third-order valence-electron chi connectivity index (χ3n) is 9.57. The van der Waals surface area contributed by atoms with Crippen LogP contribution in [0.5, 0.6) is 0 Å². The normalized spacial score (nSPS) is 25.4. The van der Waals surface area contributed by atoms with Gasteiger partial charge in [0.1, 0.15) is 11.9 Å². The van der Waals surface area contributed by atoms with E-state index in [0.29, 0.717) is 38.1 Å². The third-order valence-corrected chi connectivity index (χ3v) is 9.57. The topological polar surface area (TPSA) is 68.7 Å². The van der Waals surface area contributed by atoms with E-state index in [1.165, 1.54) is 5.56 Å². The number of piperidine rings is 1. The number of hydrogen-bond acceptors (Lipinski definition) is 6. The van der Waals surface area contributed by atoms with Crippen molar-refractivity contribution in [1.82, 2.24) is 10.0 Å². The molecule has 1 aliphatic heterocycles. The van der Waals surface area contributed by atoms with Crippen molar-refractivity contribution in [3.63, 3.8) is 0 Å². The molecule has 6 unspecified atom stereocenters. The van der Waals surface area contributed by atoms with Crippen molar-refractivity contribution in [1.29, 1.82) is 0 Å². The molecule has 2 heterocycles. The van der Waals surface area contributed by atoms with E-state index in [-0.39, 0.29) is 29.8 Å². The van der Waals surface area contributed by atoms with Gasteiger partial charge in [0.2, 0.25) is 0 Å². The van der Waals surface area contributed by atoms with Gasteiger partial charge < -0.3 is 4.74 Å². The van der Waals surface area contributed by atoms with Crippen LogP contribution in [0.4, 0.5) is 0 Å². The Morgan fingerprint density at radius 3 is 2.32 bits per heavy atom. The molecule has 6 nitrogen and oxygen atoms in total. The maximum atomic E-state index is 13.4. The van der Waals surface area contributed by atoms with Crippen LogP contribution in [0.1, 0.15) is 123 Å². The number of carbonyl (C=O) groups is 2. The second-order valence-corrected chi connectivity index (χ2v) is 12.4. The molecule has 0 bridgehead atoms. The first-order valence-corrected chi connectivity index (χ1v) is 15.7. The van der Waals surface area contributed by atoms with Gasteiger partial charge in [-0.25, -0.2) is 0 Å². The Balaban J connectivity index is 1.89. The van der Waals surface area contributed by atoms with Gasteiger partial charge in [-0.2, -0.15) is 5.06 Å². The Morgan fingerprint density at radius 2 is 1.71 bits per heavy atom. The number of carbonyl (C=O) groups excluding carboxylic acids is 2. The first kappa shape index (κ1) is 32.9. The van der Waals surface area contributed by atoms with Crippen LogP contribution < -0.4 is 0 Å². The highest BCUT2D eigenvalue weighted by molar-refractivity contribution is 5.84. The number of hydrogen-bond donors (Lipinski definition) is 0. The summed E-state index contributed by atoms with van der Waals surface area (Å²) in [5, 5.41) is 2.15. The van der Waals surface area contributed by atoms with Crippen molar-refractivity contribution in [2.75, 3.05) is 6.61 Å². The minimum atomic E-state index is -0.439. The van der Waals surface area contributed by atoms with Gasteiger partial charge in [-0.05, 0) is 81.5 Å². The SMILES string of the molecule is CCCCOC(=O)C(CCC(ON1C(C)(CC)CC(=O)C(C)C1(C)CC)c1ccncc1)CC(C)c1ccccc1. The summed E-state index contributed by atoms with van der Waals surface area (Å²) < 4.78 is 5.76. The average Bonchev–Trinajstić information content (AvgIpc) is 2.99. The second kappa shape index (κ2) is 15.1. The van der Waals surface area contributed by atoms with E-state index in [0.717, 1.165) is 31.2 Å². The lowest BCUT2D eigenvalue weighted by Gasteiger charge is -2.56. The molecular formula is C35H52N2O4. The summed E-state index contributed by atoms with van der Waals surface area (Å²) in [5.74, 6) is 0.0126. The number of esters is 1. The predicted molar refractivity (Wildman–Crippen MR) is 164 cm³/mol. The molecule has 0 amide bonds. The van der Waals surface area contributed by atoms with Crippen molar-refractivity contribution in [2.24, 2.45) is 11.8 Å². The van der Waals surface area contributed by atoms with Crippen LogP contribution >= 0.6 is 0 Å². The van der Waals surface area contributed by atoms with Crippen LogP contribution in [0.25, 0.3) is 0 Å². The number of pyridine rings is 1. The monoisotopic (exact) mass is 564 g/mol. The summed E-state index contributed by atoms with van der Waals surface area (Å²) in [6.45, 7) is 15.3. The van der Waals surface area contributed by atoms with Gasteiger partial charge >= 0.3 is 5.97 Å². The van der Waals surface area contributed by atoms with Crippen molar-refractivity contribution in [3.8, 4) is 0 Å². The number of Topliss-reactive ketones (excluding diaryl/α,β-unsaturated/α-hetero) is 1. The molecule has 1 fully saturated rings. The van der Waals surface area contributed by atoms with E-state index >= 15 is 0 Å². The van der Waals surface area contributed by atoms with Crippen LogP contribution in [-0.2, 0) is 19.2 Å². The summed E-state index contributed by atoms with van der Waals surface area (Å²) in [4.78, 5) is 37.8. The fourth-order valence-electron chi connectivity index (χ4n) is 6.16. The average molecular weight is 565 g/mol. The van der Waals surface area contributed by atoms with E-state index in [1.54, 1.807) is 12.4 Å². The number of nitrogens with zero attached hydrogens (tertiary/aromatic N) is 2. The number of benzene rings is 1. The molecule has 6 heteroatoms. The molecule has 1 aromatic carbocycles. The molecule has 41 heavy (non-hydrogen) atoms. The van der Waals surface area contributed by atoms with Gasteiger partial charge in [-0.15, -0.1) is 0 Å². The Morgan fingerprint density at radius 1 is 1.02 bits per heavy atom. The van der Waals surface area contributed by atoms with Gasteiger partial charge in [0.25, 0.3) is 0 Å². The fourth-order valence-corrected chi connectivity index (χ4v) is 6.16. The van der Waals surface area contributed by atoms with Crippen LogP contribution in [-0.4, -0.2) is 39.5 Å². The summed E-state index contributed by atoms with van der Waals surface area (Å²) >= 11 is 0. The smallest absolute Gasteiger partial charge is 0.308 e. The lowest BCUT2D eigenvalue weighted by molar-refractivity contribution is -0.319. The summed E-state index contributed by atoms with van der Waals surface area (Å²) in [6, 6.07) is 14.4. The maximum Gasteiger partial charge on any atom is 0.308 e. The highest BCUT2D eigenvalue weighted by Crippen LogP contribution is 2.46. The van der Waals surface area contributed by atoms with E-state index in [4.69, 9.17) is 9.57 Å². The number of ketones is 1. The maximum absolute atomic E-state index is 13.4. The summed E-state index contributed by atoms with van der Waals surface area (Å²) in [7, 11) is 0. The fraction of sp³-hybridized carbons (Fsp3) is 0.629. The van der Waals surface area contributed by atoms with E-state index in [2.05, 4.69) is 63.7 Å². The predicted octanol–water partition coefficient (Wildman–Crippen LogP) is 8.24. The molecule has 3 rings (SSSR count). The number of hydroxylamine groups is 2. The number of aromatic nitrogens is 1. The van der Waals surface area contributed by atoms with Gasteiger partial charge in [-0.1, -0.05) is 71.4 Å². The second-order valence-electron chi connectivity index (χ2n) is 12.4. The minimum Gasteiger partial charge on any atom is -0.465 e.